The number of hydrogen-bond acceptors (Lipinski definition) is 4. The number of rotatable bonds is 5. The Morgan fingerprint density at radius 2 is 2.00 bits per heavy atom. The Morgan fingerprint density at radius 3 is 2.47 bits per heavy atom. The van der Waals surface area contributed by atoms with Crippen molar-refractivity contribution in [3.63, 3.8) is 0 Å². The summed E-state index contributed by atoms with van der Waals surface area (Å²) >= 11 is 0. The number of hydrogen-bond donors (Lipinski definition) is 2. The van der Waals surface area contributed by atoms with E-state index in [1.54, 1.807) is 6.92 Å². The molecule has 0 unspecified atom stereocenters. The molecular weight excluding hydrogens is 244 g/mol. The van der Waals surface area contributed by atoms with Crippen molar-refractivity contribution < 1.29 is 13.6 Å². The average Bonchev–Trinajstić information content (AvgIpc) is 2.36. The summed E-state index contributed by atoms with van der Waals surface area (Å²) in [6, 6.07) is 0. The van der Waals surface area contributed by atoms with Crippen LogP contribution in [0, 0.1) is 0 Å². The first-order valence-electron chi connectivity index (χ1n) is 5.74. The van der Waals surface area contributed by atoms with Crippen LogP contribution in [0.15, 0.2) is 5.16 Å². The molecule has 0 saturated carbocycles. The molecule has 3 N–H and O–H groups in total. The van der Waals surface area contributed by atoms with Crippen LogP contribution >= 0.6 is 0 Å². The minimum Gasteiger partial charge on any atom is -0.409 e. The van der Waals surface area contributed by atoms with Crippen molar-refractivity contribution >= 4 is 16.0 Å². The van der Waals surface area contributed by atoms with Gasteiger partial charge in [-0.25, -0.2) is 0 Å². The predicted octanol–water partition coefficient (Wildman–Crippen LogP) is -0.215. The second-order valence-electron chi connectivity index (χ2n) is 3.98. The molecule has 1 heterocycles. The highest BCUT2D eigenvalue weighted by Crippen LogP contribution is 2.16. The van der Waals surface area contributed by atoms with Crippen LogP contribution in [0.2, 0.25) is 0 Å². The average molecular weight is 264 g/mol. The van der Waals surface area contributed by atoms with Gasteiger partial charge in [-0.1, -0.05) is 18.5 Å². The minimum atomic E-state index is -3.48. The first kappa shape index (κ1) is 14.2. The molecule has 0 aromatic carbocycles. The summed E-state index contributed by atoms with van der Waals surface area (Å²) in [4.78, 5) is 0. The third-order valence-corrected chi connectivity index (χ3v) is 4.84. The van der Waals surface area contributed by atoms with Gasteiger partial charge >= 0.3 is 0 Å². The molecule has 17 heavy (non-hydrogen) atoms. The Morgan fingerprint density at radius 1 is 1.41 bits per heavy atom. The molecule has 0 amide bonds. The molecule has 0 aliphatic carbocycles. The molecule has 1 fully saturated rings. The largest absolute Gasteiger partial charge is 0.409 e. The number of nitrogens with zero attached hydrogens (tertiary/aromatic N) is 3. The molecule has 0 aromatic heterocycles. The highest BCUT2D eigenvalue weighted by molar-refractivity contribution is 7.86. The van der Waals surface area contributed by atoms with Crippen molar-refractivity contribution in [2.24, 2.45) is 10.9 Å². The molecule has 1 saturated heterocycles. The van der Waals surface area contributed by atoms with Crippen LogP contribution in [0.4, 0.5) is 0 Å². The standard InChI is InChI=1S/C9H20N4O3S/c1-2-12(8-9(10)11-14)17(15,16)13-6-4-3-5-7-13/h14H,2-8H2,1H3,(H2,10,11). The molecule has 0 radical (unpaired) electrons. The second-order valence-corrected chi connectivity index (χ2v) is 5.91. The van der Waals surface area contributed by atoms with Crippen molar-refractivity contribution in [2.45, 2.75) is 26.2 Å². The molecule has 0 spiro atoms. The zero-order chi connectivity index (χ0) is 12.9. The van der Waals surface area contributed by atoms with Crippen molar-refractivity contribution in [2.75, 3.05) is 26.2 Å². The first-order chi connectivity index (χ1) is 8.02. The minimum absolute atomic E-state index is 0.0775. The number of piperidine rings is 1. The van der Waals surface area contributed by atoms with Gasteiger partial charge in [0.1, 0.15) is 0 Å². The Balaban J connectivity index is 2.77. The van der Waals surface area contributed by atoms with Crippen molar-refractivity contribution in [3.8, 4) is 0 Å². The third-order valence-electron chi connectivity index (χ3n) is 2.79. The van der Waals surface area contributed by atoms with Gasteiger partial charge in [0, 0.05) is 19.6 Å². The molecular formula is C9H20N4O3S. The molecule has 1 aliphatic rings. The summed E-state index contributed by atoms with van der Waals surface area (Å²) in [6.07, 6.45) is 2.85. The molecule has 0 atom stereocenters. The van der Waals surface area contributed by atoms with Crippen molar-refractivity contribution in [1.29, 1.82) is 0 Å². The monoisotopic (exact) mass is 264 g/mol. The third kappa shape index (κ3) is 3.55. The van der Waals surface area contributed by atoms with Crippen molar-refractivity contribution in [3.05, 3.63) is 0 Å². The SMILES string of the molecule is CCN(CC(N)=NO)S(=O)(=O)N1CCCCC1. The van der Waals surface area contributed by atoms with Gasteiger partial charge in [-0.2, -0.15) is 17.0 Å². The normalized spacial score (nSPS) is 19.8. The van der Waals surface area contributed by atoms with Gasteiger partial charge in [0.15, 0.2) is 5.84 Å². The first-order valence-corrected chi connectivity index (χ1v) is 7.13. The summed E-state index contributed by atoms with van der Waals surface area (Å²) < 4.78 is 27.1. The van der Waals surface area contributed by atoms with Crippen LogP contribution in [0.3, 0.4) is 0 Å². The highest BCUT2D eigenvalue weighted by atomic mass is 32.2. The topological polar surface area (TPSA) is 99.2 Å². The lowest BCUT2D eigenvalue weighted by molar-refractivity contribution is 0.305. The summed E-state index contributed by atoms with van der Waals surface area (Å²) in [5, 5.41) is 11.3. The molecule has 1 aliphatic heterocycles. The Hall–Kier alpha value is -0.860. The fourth-order valence-electron chi connectivity index (χ4n) is 1.83. The fraction of sp³-hybridized carbons (Fsp3) is 0.889. The fourth-order valence-corrected chi connectivity index (χ4v) is 3.50. The molecule has 8 heteroatoms. The van der Waals surface area contributed by atoms with E-state index in [-0.39, 0.29) is 12.4 Å². The predicted molar refractivity (Wildman–Crippen MR) is 65.0 cm³/mol. The van der Waals surface area contributed by atoms with Crippen molar-refractivity contribution in [1.82, 2.24) is 8.61 Å². The summed E-state index contributed by atoms with van der Waals surface area (Å²) in [6.45, 7) is 3.05. The van der Waals surface area contributed by atoms with E-state index >= 15 is 0 Å². The van der Waals surface area contributed by atoms with E-state index in [9.17, 15) is 8.42 Å². The summed E-state index contributed by atoms with van der Waals surface area (Å²) in [5.74, 6) is -0.104. The van der Waals surface area contributed by atoms with Crippen LogP contribution in [0.5, 0.6) is 0 Å². The number of nitrogens with two attached hydrogens (primary N) is 1. The lowest BCUT2D eigenvalue weighted by atomic mass is 10.2. The maximum absolute atomic E-state index is 12.2. The number of oxime groups is 1. The summed E-state index contributed by atoms with van der Waals surface area (Å²) in [5.41, 5.74) is 5.35. The molecule has 100 valence electrons. The van der Waals surface area contributed by atoms with Gasteiger partial charge in [0.25, 0.3) is 10.2 Å². The molecule has 0 bridgehead atoms. The maximum atomic E-state index is 12.2. The summed E-state index contributed by atoms with van der Waals surface area (Å²) in [7, 11) is -3.48. The molecule has 7 nitrogen and oxygen atoms in total. The van der Waals surface area contributed by atoms with Crippen LogP contribution in [0.1, 0.15) is 26.2 Å². The second kappa shape index (κ2) is 6.18. The lowest BCUT2D eigenvalue weighted by Crippen LogP contribution is -2.48. The zero-order valence-electron chi connectivity index (χ0n) is 10.0. The smallest absolute Gasteiger partial charge is 0.282 e. The van der Waals surface area contributed by atoms with E-state index in [4.69, 9.17) is 10.9 Å². The Kier molecular flexibility index (Phi) is 5.16. The Bertz CT molecular complexity index is 362. The highest BCUT2D eigenvalue weighted by Gasteiger charge is 2.30. The van der Waals surface area contributed by atoms with E-state index in [2.05, 4.69) is 5.16 Å². The van der Waals surface area contributed by atoms with Gasteiger partial charge in [-0.05, 0) is 12.8 Å². The van der Waals surface area contributed by atoms with Crippen LogP contribution in [0.25, 0.3) is 0 Å². The lowest BCUT2D eigenvalue weighted by Gasteiger charge is -2.31. The van der Waals surface area contributed by atoms with Gasteiger partial charge in [-0.15, -0.1) is 0 Å². The van der Waals surface area contributed by atoms with Crippen LogP contribution in [-0.4, -0.2) is 54.3 Å². The maximum Gasteiger partial charge on any atom is 0.282 e. The van der Waals surface area contributed by atoms with E-state index in [0.29, 0.717) is 19.6 Å². The zero-order valence-corrected chi connectivity index (χ0v) is 10.9. The van der Waals surface area contributed by atoms with E-state index in [0.717, 1.165) is 19.3 Å². The van der Waals surface area contributed by atoms with E-state index in [1.807, 2.05) is 0 Å². The molecule has 0 aromatic rings. The number of amidine groups is 1. The van der Waals surface area contributed by atoms with Gasteiger partial charge < -0.3 is 10.9 Å². The van der Waals surface area contributed by atoms with Crippen LogP contribution < -0.4 is 5.73 Å². The van der Waals surface area contributed by atoms with E-state index in [1.165, 1.54) is 8.61 Å². The van der Waals surface area contributed by atoms with Crippen LogP contribution in [-0.2, 0) is 10.2 Å². The van der Waals surface area contributed by atoms with Gasteiger partial charge in [0.05, 0.1) is 6.54 Å². The number of likely N-dealkylation sites (N-methyl/N-ethyl adjacent to an activating group) is 1. The molecule has 1 rings (SSSR count). The van der Waals surface area contributed by atoms with Gasteiger partial charge in [-0.3, -0.25) is 0 Å². The Labute approximate surface area is 102 Å². The quantitative estimate of drug-likeness (QED) is 0.310. The van der Waals surface area contributed by atoms with E-state index < -0.39 is 10.2 Å². The van der Waals surface area contributed by atoms with Gasteiger partial charge in [0.2, 0.25) is 0 Å².